The second-order valence-electron chi connectivity index (χ2n) is 5.22. The molecule has 0 N–H and O–H groups in total. The van der Waals surface area contributed by atoms with Crippen molar-refractivity contribution in [1.29, 1.82) is 0 Å². The Balaban J connectivity index is 1.74. The van der Waals surface area contributed by atoms with Crippen LogP contribution in [0, 0.1) is 13.8 Å². The highest BCUT2D eigenvalue weighted by Gasteiger charge is 2.17. The molecule has 0 spiro atoms. The van der Waals surface area contributed by atoms with Crippen molar-refractivity contribution in [3.63, 3.8) is 0 Å². The fourth-order valence-corrected chi connectivity index (χ4v) is 2.57. The lowest BCUT2D eigenvalue weighted by Gasteiger charge is -2.27. The van der Waals surface area contributed by atoms with Crippen LogP contribution in [0.3, 0.4) is 0 Å². The molecular weight excluding hydrogens is 236 g/mol. The average Bonchev–Trinajstić information content (AvgIpc) is 2.39. The molecule has 98 valence electrons. The lowest BCUT2D eigenvalue weighted by atomic mass is 10.1. The Morgan fingerprint density at radius 1 is 1.21 bits per heavy atom. The van der Waals surface area contributed by atoms with Gasteiger partial charge in [0.2, 0.25) is 0 Å². The monoisotopic (exact) mass is 254 g/mol. The molecule has 3 heterocycles. The Hall–Kier alpha value is -1.81. The summed E-state index contributed by atoms with van der Waals surface area (Å²) >= 11 is 0. The summed E-state index contributed by atoms with van der Waals surface area (Å²) in [4.78, 5) is 15.5. The highest BCUT2D eigenvalue weighted by atomic mass is 15.1. The minimum absolute atomic E-state index is 0.870. The smallest absolute Gasteiger partial charge is 0.125 e. The molecule has 0 radical (unpaired) electrons. The molecule has 0 unspecified atom stereocenters. The fourth-order valence-electron chi connectivity index (χ4n) is 2.57. The van der Waals surface area contributed by atoms with Crippen molar-refractivity contribution in [1.82, 2.24) is 19.9 Å². The number of aromatic nitrogens is 3. The third-order valence-corrected chi connectivity index (χ3v) is 3.47. The van der Waals surface area contributed by atoms with E-state index in [1.807, 2.05) is 25.5 Å². The molecule has 0 fully saturated rings. The van der Waals surface area contributed by atoms with Crippen molar-refractivity contribution < 1.29 is 0 Å². The van der Waals surface area contributed by atoms with E-state index in [4.69, 9.17) is 0 Å². The molecule has 4 heteroatoms. The van der Waals surface area contributed by atoms with E-state index >= 15 is 0 Å². The molecule has 19 heavy (non-hydrogen) atoms. The molecule has 0 aliphatic carbocycles. The Morgan fingerprint density at radius 3 is 2.95 bits per heavy atom. The molecule has 1 aliphatic heterocycles. The molecule has 0 aromatic carbocycles. The second kappa shape index (κ2) is 5.05. The lowest BCUT2D eigenvalue weighted by molar-refractivity contribution is 0.242. The van der Waals surface area contributed by atoms with Gasteiger partial charge in [0.15, 0.2) is 0 Å². The van der Waals surface area contributed by atoms with Crippen LogP contribution in [0.5, 0.6) is 0 Å². The zero-order valence-corrected chi connectivity index (χ0v) is 11.4. The molecule has 3 rings (SSSR count). The van der Waals surface area contributed by atoms with Crippen molar-refractivity contribution in [3.05, 3.63) is 52.9 Å². The first kappa shape index (κ1) is 12.2. The standard InChI is InChI=1S/C15H18N4/c1-11-5-13(7-16-6-11)9-19-4-3-15-14(10-19)8-17-12(2)18-15/h5-8H,3-4,9-10H2,1-2H3. The number of aryl methyl sites for hydroxylation is 2. The van der Waals surface area contributed by atoms with E-state index in [0.717, 1.165) is 31.9 Å². The molecule has 0 amide bonds. The molecular formula is C15H18N4. The van der Waals surface area contributed by atoms with Gasteiger partial charge in [-0.3, -0.25) is 9.88 Å². The van der Waals surface area contributed by atoms with Gasteiger partial charge in [-0.2, -0.15) is 0 Å². The third-order valence-electron chi connectivity index (χ3n) is 3.47. The van der Waals surface area contributed by atoms with Gasteiger partial charge < -0.3 is 0 Å². The van der Waals surface area contributed by atoms with Gasteiger partial charge >= 0.3 is 0 Å². The number of pyridine rings is 1. The highest BCUT2D eigenvalue weighted by molar-refractivity contribution is 5.22. The van der Waals surface area contributed by atoms with Crippen LogP contribution < -0.4 is 0 Å². The van der Waals surface area contributed by atoms with Crippen LogP contribution in [0.1, 0.15) is 28.2 Å². The van der Waals surface area contributed by atoms with E-state index in [9.17, 15) is 0 Å². The van der Waals surface area contributed by atoms with Crippen LogP contribution in [0.25, 0.3) is 0 Å². The number of hydrogen-bond acceptors (Lipinski definition) is 4. The van der Waals surface area contributed by atoms with Crippen LogP contribution in [0.15, 0.2) is 24.7 Å². The average molecular weight is 254 g/mol. The Morgan fingerprint density at radius 2 is 2.11 bits per heavy atom. The van der Waals surface area contributed by atoms with Gasteiger partial charge in [-0.05, 0) is 25.0 Å². The van der Waals surface area contributed by atoms with Crippen molar-refractivity contribution >= 4 is 0 Å². The molecule has 1 aliphatic rings. The summed E-state index contributed by atoms with van der Waals surface area (Å²) in [6.07, 6.45) is 6.83. The first-order chi connectivity index (χ1) is 9.20. The second-order valence-corrected chi connectivity index (χ2v) is 5.22. The van der Waals surface area contributed by atoms with E-state index < -0.39 is 0 Å². The summed E-state index contributed by atoms with van der Waals surface area (Å²) in [5, 5.41) is 0. The normalized spacial score (nSPS) is 15.3. The highest BCUT2D eigenvalue weighted by Crippen LogP contribution is 2.18. The summed E-state index contributed by atoms with van der Waals surface area (Å²) in [6, 6.07) is 2.20. The zero-order chi connectivity index (χ0) is 13.2. The van der Waals surface area contributed by atoms with Crippen molar-refractivity contribution in [3.8, 4) is 0 Å². The number of fused-ring (bicyclic) bond motifs is 1. The summed E-state index contributed by atoms with van der Waals surface area (Å²) in [7, 11) is 0. The molecule has 0 atom stereocenters. The number of hydrogen-bond donors (Lipinski definition) is 0. The summed E-state index contributed by atoms with van der Waals surface area (Å²) in [5.74, 6) is 0.870. The largest absolute Gasteiger partial charge is 0.294 e. The molecule has 0 bridgehead atoms. The first-order valence-electron chi connectivity index (χ1n) is 6.65. The predicted molar refractivity (Wildman–Crippen MR) is 73.6 cm³/mol. The van der Waals surface area contributed by atoms with E-state index in [1.54, 1.807) is 0 Å². The van der Waals surface area contributed by atoms with Crippen molar-refractivity contribution in [2.45, 2.75) is 33.4 Å². The van der Waals surface area contributed by atoms with Crippen LogP contribution in [-0.2, 0) is 19.5 Å². The van der Waals surface area contributed by atoms with Gasteiger partial charge in [-0.15, -0.1) is 0 Å². The van der Waals surface area contributed by atoms with Crippen molar-refractivity contribution in [2.75, 3.05) is 6.54 Å². The molecule has 4 nitrogen and oxygen atoms in total. The fraction of sp³-hybridized carbons (Fsp3) is 0.400. The van der Waals surface area contributed by atoms with Gasteiger partial charge in [0, 0.05) is 55.9 Å². The number of rotatable bonds is 2. The SMILES string of the molecule is Cc1cncc(CN2CCc3nc(C)ncc3C2)c1. The number of nitrogens with zero attached hydrogens (tertiary/aromatic N) is 4. The maximum Gasteiger partial charge on any atom is 0.125 e. The van der Waals surface area contributed by atoms with Crippen LogP contribution in [0.4, 0.5) is 0 Å². The van der Waals surface area contributed by atoms with Gasteiger partial charge in [0.1, 0.15) is 5.82 Å². The van der Waals surface area contributed by atoms with Crippen LogP contribution >= 0.6 is 0 Å². The van der Waals surface area contributed by atoms with Crippen molar-refractivity contribution in [2.24, 2.45) is 0 Å². The molecule has 0 saturated carbocycles. The maximum atomic E-state index is 4.52. The summed E-state index contributed by atoms with van der Waals surface area (Å²) < 4.78 is 0. The quantitative estimate of drug-likeness (QED) is 0.822. The minimum Gasteiger partial charge on any atom is -0.294 e. The van der Waals surface area contributed by atoms with E-state index in [0.29, 0.717) is 0 Å². The van der Waals surface area contributed by atoms with Crippen LogP contribution in [0.2, 0.25) is 0 Å². The summed E-state index contributed by atoms with van der Waals surface area (Å²) in [5.41, 5.74) is 4.97. The topological polar surface area (TPSA) is 41.9 Å². The lowest BCUT2D eigenvalue weighted by Crippen LogP contribution is -2.31. The maximum absolute atomic E-state index is 4.52. The van der Waals surface area contributed by atoms with Gasteiger partial charge in [-0.25, -0.2) is 9.97 Å². The van der Waals surface area contributed by atoms with Gasteiger partial charge in [0.05, 0.1) is 0 Å². The molecule has 0 saturated heterocycles. The summed E-state index contributed by atoms with van der Waals surface area (Å²) in [6.45, 7) is 6.96. The minimum atomic E-state index is 0.870. The molecule has 2 aromatic heterocycles. The Labute approximate surface area is 113 Å². The van der Waals surface area contributed by atoms with E-state index in [2.05, 4.69) is 32.8 Å². The molecule has 2 aromatic rings. The predicted octanol–water partition coefficient (Wildman–Crippen LogP) is 2.05. The van der Waals surface area contributed by atoms with Gasteiger partial charge in [-0.1, -0.05) is 6.07 Å². The van der Waals surface area contributed by atoms with Gasteiger partial charge in [0.25, 0.3) is 0 Å². The Kier molecular flexibility index (Phi) is 3.25. The van der Waals surface area contributed by atoms with E-state index in [1.165, 1.54) is 22.4 Å². The third kappa shape index (κ3) is 2.79. The van der Waals surface area contributed by atoms with Crippen LogP contribution in [-0.4, -0.2) is 26.4 Å². The first-order valence-corrected chi connectivity index (χ1v) is 6.65. The Bertz CT molecular complexity index is 594. The van der Waals surface area contributed by atoms with E-state index in [-0.39, 0.29) is 0 Å². The zero-order valence-electron chi connectivity index (χ0n) is 11.4.